The van der Waals surface area contributed by atoms with Gasteiger partial charge in [-0.15, -0.1) is 0 Å². The number of aryl methyl sites for hydroxylation is 2. The van der Waals surface area contributed by atoms with Gasteiger partial charge < -0.3 is 0 Å². The highest BCUT2D eigenvalue weighted by molar-refractivity contribution is 5.93. The average molecular weight is 179 g/mol. The van der Waals surface area contributed by atoms with E-state index in [4.69, 9.17) is 0 Å². The van der Waals surface area contributed by atoms with Gasteiger partial charge in [0.15, 0.2) is 5.78 Å². The van der Waals surface area contributed by atoms with Gasteiger partial charge in [0.05, 0.1) is 0 Å². The van der Waals surface area contributed by atoms with Crippen LogP contribution in [0.3, 0.4) is 0 Å². The molecule has 0 aliphatic carbocycles. The van der Waals surface area contributed by atoms with Crippen LogP contribution in [0.15, 0.2) is 12.1 Å². The van der Waals surface area contributed by atoms with Crippen LogP contribution in [0, 0.1) is 13.8 Å². The molecule has 0 bridgehead atoms. The van der Waals surface area contributed by atoms with Gasteiger partial charge in [0.25, 0.3) is 0 Å². The molecular weight excluding hydrogens is 162 g/mol. The minimum absolute atomic E-state index is 0.0335. The molecule has 13 heavy (non-hydrogen) atoms. The molecule has 0 spiro atoms. The van der Waals surface area contributed by atoms with Gasteiger partial charge in [0.2, 0.25) is 0 Å². The Morgan fingerprint density at radius 2 is 1.77 bits per heavy atom. The summed E-state index contributed by atoms with van der Waals surface area (Å²) in [4.78, 5) is 15.1. The number of nitrogens with zero attached hydrogens (tertiary/aromatic N) is 1. The lowest BCUT2D eigenvalue weighted by Gasteiger charge is -2.00. The zero-order valence-corrected chi connectivity index (χ0v) is 9.01. The van der Waals surface area contributed by atoms with Crippen LogP contribution in [0.1, 0.15) is 42.5 Å². The lowest BCUT2D eigenvalue weighted by atomic mass is 10.1. The molecule has 0 radical (unpaired) electrons. The Labute approximate surface area is 80.0 Å². The number of pyridine rings is 1. The van der Waals surface area contributed by atoms with Crippen molar-refractivity contribution in [3.8, 4) is 0 Å². The fourth-order valence-corrected chi connectivity index (χ4v) is 0.983. The van der Waals surface area contributed by atoms with Crippen molar-refractivity contribution in [1.29, 1.82) is 0 Å². The molecular formula is C11H17NO. The van der Waals surface area contributed by atoms with Gasteiger partial charge in [-0.25, -0.2) is 4.98 Å². The number of hydrogen-bond donors (Lipinski definition) is 0. The zero-order valence-electron chi connectivity index (χ0n) is 9.01. The average Bonchev–Trinajstić information content (AvgIpc) is 2.12. The minimum atomic E-state index is 0.0335. The third kappa shape index (κ3) is 3.36. The third-order valence-corrected chi connectivity index (χ3v) is 1.57. The largest absolute Gasteiger partial charge is 0.293 e. The Morgan fingerprint density at radius 3 is 2.15 bits per heavy atom. The lowest BCUT2D eigenvalue weighted by Crippen LogP contribution is -2.00. The Balaban J connectivity index is 0.000000671. The highest BCUT2D eigenvalue weighted by Gasteiger charge is 2.04. The molecule has 2 nitrogen and oxygen atoms in total. The Bertz CT molecular complexity index is 292. The first-order valence-corrected chi connectivity index (χ1v) is 4.56. The van der Waals surface area contributed by atoms with E-state index in [1.165, 1.54) is 6.92 Å². The SMILES string of the molecule is CC.CC(=O)c1nc(C)ccc1C. The Kier molecular flexibility index (Phi) is 4.97. The second-order valence-electron chi connectivity index (χ2n) is 2.67. The van der Waals surface area contributed by atoms with Gasteiger partial charge in [0.1, 0.15) is 5.69 Å². The fourth-order valence-electron chi connectivity index (χ4n) is 0.983. The number of ketones is 1. The first-order chi connectivity index (χ1) is 6.11. The second kappa shape index (κ2) is 5.46. The molecule has 1 rings (SSSR count). The summed E-state index contributed by atoms with van der Waals surface area (Å²) in [6.07, 6.45) is 0. The van der Waals surface area contributed by atoms with Crippen molar-refractivity contribution in [3.05, 3.63) is 29.1 Å². The van der Waals surface area contributed by atoms with Crippen LogP contribution in [0.2, 0.25) is 0 Å². The highest BCUT2D eigenvalue weighted by atomic mass is 16.1. The molecule has 0 unspecified atom stereocenters. The van der Waals surface area contributed by atoms with Crippen LogP contribution in [0.25, 0.3) is 0 Å². The number of aromatic nitrogens is 1. The van der Waals surface area contributed by atoms with Crippen molar-refractivity contribution in [3.63, 3.8) is 0 Å². The summed E-state index contributed by atoms with van der Waals surface area (Å²) in [5.74, 6) is 0.0335. The topological polar surface area (TPSA) is 30.0 Å². The van der Waals surface area contributed by atoms with Crippen molar-refractivity contribution >= 4 is 5.78 Å². The number of hydrogen-bond acceptors (Lipinski definition) is 2. The van der Waals surface area contributed by atoms with Gasteiger partial charge in [0, 0.05) is 12.6 Å². The quantitative estimate of drug-likeness (QED) is 0.620. The molecule has 0 aromatic carbocycles. The number of carbonyl (C=O) groups is 1. The summed E-state index contributed by atoms with van der Waals surface area (Å²) in [5, 5.41) is 0. The minimum Gasteiger partial charge on any atom is -0.293 e. The van der Waals surface area contributed by atoms with E-state index >= 15 is 0 Å². The predicted octanol–water partition coefficient (Wildman–Crippen LogP) is 2.93. The van der Waals surface area contributed by atoms with Crippen LogP contribution in [0.5, 0.6) is 0 Å². The standard InChI is InChI=1S/C9H11NO.C2H6/c1-6-4-5-7(2)10-9(6)8(3)11;1-2/h4-5H,1-3H3;1-2H3. The van der Waals surface area contributed by atoms with Crippen LogP contribution in [-0.4, -0.2) is 10.8 Å². The summed E-state index contributed by atoms with van der Waals surface area (Å²) in [6.45, 7) is 9.31. The molecule has 0 aliphatic rings. The normalized spacial score (nSPS) is 8.69. The number of rotatable bonds is 1. The summed E-state index contributed by atoms with van der Waals surface area (Å²) >= 11 is 0. The van der Waals surface area contributed by atoms with Gasteiger partial charge in [-0.1, -0.05) is 19.9 Å². The maximum absolute atomic E-state index is 11.0. The lowest BCUT2D eigenvalue weighted by molar-refractivity contribution is 0.101. The van der Waals surface area contributed by atoms with Crippen molar-refractivity contribution in [2.75, 3.05) is 0 Å². The molecule has 0 aliphatic heterocycles. The third-order valence-electron chi connectivity index (χ3n) is 1.57. The summed E-state index contributed by atoms with van der Waals surface area (Å²) in [5.41, 5.74) is 2.42. The fraction of sp³-hybridized carbons (Fsp3) is 0.455. The van der Waals surface area contributed by atoms with Crippen LogP contribution in [0.4, 0.5) is 0 Å². The van der Waals surface area contributed by atoms with E-state index in [0.717, 1.165) is 11.3 Å². The van der Waals surface area contributed by atoms with Crippen molar-refractivity contribution in [2.45, 2.75) is 34.6 Å². The smallest absolute Gasteiger partial charge is 0.178 e. The second-order valence-corrected chi connectivity index (χ2v) is 2.67. The van der Waals surface area contributed by atoms with Gasteiger partial charge >= 0.3 is 0 Å². The molecule has 1 heterocycles. The van der Waals surface area contributed by atoms with E-state index in [0.29, 0.717) is 5.69 Å². The van der Waals surface area contributed by atoms with Crippen molar-refractivity contribution in [2.24, 2.45) is 0 Å². The molecule has 0 fully saturated rings. The van der Waals surface area contributed by atoms with Gasteiger partial charge in [-0.2, -0.15) is 0 Å². The summed E-state index contributed by atoms with van der Waals surface area (Å²) in [6, 6.07) is 3.82. The highest BCUT2D eigenvalue weighted by Crippen LogP contribution is 2.05. The molecule has 0 saturated carbocycles. The maximum Gasteiger partial charge on any atom is 0.178 e. The van der Waals surface area contributed by atoms with E-state index in [2.05, 4.69) is 4.98 Å². The summed E-state index contributed by atoms with van der Waals surface area (Å²) < 4.78 is 0. The van der Waals surface area contributed by atoms with E-state index in [9.17, 15) is 4.79 Å². The molecule has 72 valence electrons. The summed E-state index contributed by atoms with van der Waals surface area (Å²) in [7, 11) is 0. The molecule has 0 saturated heterocycles. The Hall–Kier alpha value is -1.18. The maximum atomic E-state index is 11.0. The van der Waals surface area contributed by atoms with E-state index in [-0.39, 0.29) is 5.78 Å². The zero-order chi connectivity index (χ0) is 10.4. The predicted molar refractivity (Wildman–Crippen MR) is 55.1 cm³/mol. The van der Waals surface area contributed by atoms with Gasteiger partial charge in [-0.05, 0) is 25.5 Å². The monoisotopic (exact) mass is 179 g/mol. The van der Waals surface area contributed by atoms with E-state index in [1.54, 1.807) is 0 Å². The van der Waals surface area contributed by atoms with Crippen molar-refractivity contribution in [1.82, 2.24) is 4.98 Å². The molecule has 2 heteroatoms. The van der Waals surface area contributed by atoms with E-state index in [1.807, 2.05) is 39.8 Å². The van der Waals surface area contributed by atoms with Crippen molar-refractivity contribution < 1.29 is 4.79 Å². The van der Waals surface area contributed by atoms with Crippen LogP contribution in [-0.2, 0) is 0 Å². The number of carbonyl (C=O) groups excluding carboxylic acids is 1. The van der Waals surface area contributed by atoms with Crippen LogP contribution < -0.4 is 0 Å². The van der Waals surface area contributed by atoms with Gasteiger partial charge in [-0.3, -0.25) is 4.79 Å². The Morgan fingerprint density at radius 1 is 1.23 bits per heavy atom. The molecule has 0 atom stereocenters. The number of Topliss-reactive ketones (excluding diaryl/α,β-unsaturated/α-hetero) is 1. The first kappa shape index (κ1) is 11.8. The first-order valence-electron chi connectivity index (χ1n) is 4.56. The molecule has 1 aromatic heterocycles. The van der Waals surface area contributed by atoms with E-state index < -0.39 is 0 Å². The van der Waals surface area contributed by atoms with Crippen LogP contribution >= 0.6 is 0 Å². The molecule has 0 amide bonds. The molecule has 0 N–H and O–H groups in total. The molecule has 1 aromatic rings.